The van der Waals surface area contributed by atoms with Crippen molar-refractivity contribution in [1.82, 2.24) is 24.3 Å². The third-order valence-electron chi connectivity index (χ3n) is 6.79. The Kier molecular flexibility index (Phi) is 9.71. The Balaban J connectivity index is 1.62. The summed E-state index contributed by atoms with van der Waals surface area (Å²) in [5.41, 5.74) is 5.17. The molecule has 212 valence electrons. The van der Waals surface area contributed by atoms with E-state index >= 15 is 0 Å². The number of hydrogen-bond acceptors (Lipinski definition) is 8. The minimum absolute atomic E-state index is 0.0139. The van der Waals surface area contributed by atoms with Crippen LogP contribution >= 0.6 is 23.1 Å². The summed E-state index contributed by atoms with van der Waals surface area (Å²) in [7, 11) is 0. The van der Waals surface area contributed by atoms with Crippen molar-refractivity contribution in [2.75, 3.05) is 22.9 Å². The SMILES string of the molecule is CC(C)CN(C(=O)CSc1nnc(Cc2cccs2)n1C1CCCCC1)c1c(N)n(CC(C)C)c(=O)[nH]c1=O. The first-order valence-corrected chi connectivity index (χ1v) is 15.5. The smallest absolute Gasteiger partial charge is 0.330 e. The first-order valence-electron chi connectivity index (χ1n) is 13.7. The zero-order chi connectivity index (χ0) is 28.1. The van der Waals surface area contributed by atoms with Crippen molar-refractivity contribution in [1.29, 1.82) is 0 Å². The molecule has 1 fully saturated rings. The van der Waals surface area contributed by atoms with Gasteiger partial charge in [-0.2, -0.15) is 0 Å². The van der Waals surface area contributed by atoms with Crippen LogP contribution in [0.4, 0.5) is 11.5 Å². The lowest BCUT2D eigenvalue weighted by Crippen LogP contribution is -2.43. The molecule has 12 heteroatoms. The van der Waals surface area contributed by atoms with E-state index in [9.17, 15) is 14.4 Å². The number of nitrogens with zero attached hydrogens (tertiary/aromatic N) is 5. The molecule has 0 radical (unpaired) electrons. The van der Waals surface area contributed by atoms with Gasteiger partial charge in [0.2, 0.25) is 5.91 Å². The van der Waals surface area contributed by atoms with Gasteiger partial charge in [-0.05, 0) is 36.1 Å². The summed E-state index contributed by atoms with van der Waals surface area (Å²) >= 11 is 3.04. The topological polar surface area (TPSA) is 132 Å². The quantitative estimate of drug-likeness (QED) is 0.327. The van der Waals surface area contributed by atoms with Gasteiger partial charge in [0, 0.05) is 30.4 Å². The number of nitrogens with one attached hydrogen (secondary N) is 1. The molecule has 0 atom stereocenters. The molecule has 10 nitrogen and oxygen atoms in total. The minimum atomic E-state index is -0.653. The summed E-state index contributed by atoms with van der Waals surface area (Å²) in [6.07, 6.45) is 6.41. The number of carbonyl (C=O) groups excluding carboxylic acids is 1. The van der Waals surface area contributed by atoms with E-state index in [4.69, 9.17) is 5.73 Å². The van der Waals surface area contributed by atoms with Crippen LogP contribution in [0.25, 0.3) is 0 Å². The molecule has 3 aromatic rings. The van der Waals surface area contributed by atoms with E-state index in [1.807, 2.05) is 33.8 Å². The summed E-state index contributed by atoms with van der Waals surface area (Å²) in [5.74, 6) is 0.937. The third-order valence-corrected chi connectivity index (χ3v) is 8.60. The molecule has 0 bridgehead atoms. The van der Waals surface area contributed by atoms with Crippen LogP contribution in [0.2, 0.25) is 0 Å². The molecule has 0 aromatic carbocycles. The first kappa shape index (κ1) is 29.1. The number of thioether (sulfide) groups is 1. The Morgan fingerprint density at radius 2 is 1.92 bits per heavy atom. The van der Waals surface area contributed by atoms with Crippen LogP contribution in [0.1, 0.15) is 76.5 Å². The number of thiophene rings is 1. The Hall–Kier alpha value is -2.86. The molecule has 4 rings (SSSR count). The number of rotatable bonds is 11. The lowest BCUT2D eigenvalue weighted by atomic mass is 9.95. The molecule has 3 aromatic heterocycles. The third kappa shape index (κ3) is 7.02. The average Bonchev–Trinajstić information content (AvgIpc) is 3.54. The number of hydrogen-bond donors (Lipinski definition) is 2. The van der Waals surface area contributed by atoms with Crippen LogP contribution in [0.5, 0.6) is 0 Å². The van der Waals surface area contributed by atoms with Gasteiger partial charge in [0.25, 0.3) is 5.56 Å². The van der Waals surface area contributed by atoms with Gasteiger partial charge in [0.05, 0.1) is 5.75 Å². The fourth-order valence-corrected chi connectivity index (χ4v) is 6.68. The fraction of sp³-hybridized carbons (Fsp3) is 0.593. The molecule has 0 unspecified atom stereocenters. The lowest BCUT2D eigenvalue weighted by molar-refractivity contribution is -0.116. The summed E-state index contributed by atoms with van der Waals surface area (Å²) in [4.78, 5) is 44.1. The Morgan fingerprint density at radius 3 is 2.56 bits per heavy atom. The maximum Gasteiger partial charge on any atom is 0.330 e. The second-order valence-electron chi connectivity index (χ2n) is 11.0. The van der Waals surface area contributed by atoms with E-state index in [0.29, 0.717) is 25.6 Å². The summed E-state index contributed by atoms with van der Waals surface area (Å²) in [6.45, 7) is 8.49. The number of aromatic amines is 1. The highest BCUT2D eigenvalue weighted by Crippen LogP contribution is 2.34. The van der Waals surface area contributed by atoms with Gasteiger partial charge in [-0.1, -0.05) is 64.8 Å². The molecule has 1 aliphatic rings. The molecule has 1 saturated carbocycles. The van der Waals surface area contributed by atoms with Crippen LogP contribution in [0.15, 0.2) is 32.3 Å². The van der Waals surface area contributed by atoms with Gasteiger partial charge in [-0.15, -0.1) is 21.5 Å². The van der Waals surface area contributed by atoms with Crippen LogP contribution < -0.4 is 21.9 Å². The van der Waals surface area contributed by atoms with E-state index in [0.717, 1.165) is 23.8 Å². The molecule has 39 heavy (non-hydrogen) atoms. The van der Waals surface area contributed by atoms with Crippen molar-refractivity contribution in [3.63, 3.8) is 0 Å². The number of anilines is 2. The van der Waals surface area contributed by atoms with E-state index in [-0.39, 0.29) is 35.0 Å². The van der Waals surface area contributed by atoms with Crippen molar-refractivity contribution in [3.8, 4) is 0 Å². The Labute approximate surface area is 237 Å². The molecule has 1 amide bonds. The monoisotopic (exact) mass is 573 g/mol. The number of aromatic nitrogens is 5. The molecule has 0 saturated heterocycles. The van der Waals surface area contributed by atoms with Gasteiger partial charge in [-0.3, -0.25) is 19.1 Å². The Morgan fingerprint density at radius 1 is 1.18 bits per heavy atom. The largest absolute Gasteiger partial charge is 0.383 e. The van der Waals surface area contributed by atoms with Gasteiger partial charge >= 0.3 is 5.69 Å². The zero-order valence-electron chi connectivity index (χ0n) is 23.2. The first-order chi connectivity index (χ1) is 18.7. The number of H-pyrrole nitrogens is 1. The predicted octanol–water partition coefficient (Wildman–Crippen LogP) is 4.31. The van der Waals surface area contributed by atoms with Gasteiger partial charge in [-0.25, -0.2) is 4.79 Å². The molecule has 3 N–H and O–H groups in total. The summed E-state index contributed by atoms with van der Waals surface area (Å²) in [5, 5.41) is 11.8. The highest BCUT2D eigenvalue weighted by atomic mass is 32.2. The molecule has 1 aliphatic carbocycles. The molecular formula is C27H39N7O3S2. The van der Waals surface area contributed by atoms with Crippen molar-refractivity contribution in [2.45, 2.75) is 84.0 Å². The van der Waals surface area contributed by atoms with E-state index < -0.39 is 11.2 Å². The van der Waals surface area contributed by atoms with Gasteiger partial charge in [0.15, 0.2) is 10.8 Å². The standard InChI is InChI=1S/C27H39N7O3S2/c1-17(2)14-32(23-24(28)33(15-18(3)4)26(37)29-25(23)36)22(35)16-39-27-31-30-21(13-20-11-8-12-38-20)34(27)19-9-6-5-7-10-19/h8,11-12,17-19H,5-7,9-10,13-16,28H2,1-4H3,(H,29,36,37). The molecule has 0 spiro atoms. The van der Waals surface area contributed by atoms with Crippen LogP contribution in [-0.4, -0.2) is 42.5 Å². The molecular weight excluding hydrogens is 534 g/mol. The second kappa shape index (κ2) is 13.0. The van der Waals surface area contributed by atoms with E-state index in [2.05, 4.69) is 31.2 Å². The molecule has 3 heterocycles. The second-order valence-corrected chi connectivity index (χ2v) is 13.0. The Bertz CT molecular complexity index is 1370. The lowest BCUT2D eigenvalue weighted by Gasteiger charge is -2.27. The van der Waals surface area contributed by atoms with Crippen molar-refractivity contribution < 1.29 is 4.79 Å². The molecule has 0 aliphatic heterocycles. The van der Waals surface area contributed by atoms with E-state index in [1.54, 1.807) is 11.3 Å². The van der Waals surface area contributed by atoms with Crippen LogP contribution in [0.3, 0.4) is 0 Å². The van der Waals surface area contributed by atoms with Gasteiger partial charge in [0.1, 0.15) is 11.6 Å². The van der Waals surface area contributed by atoms with Crippen molar-refractivity contribution >= 4 is 40.5 Å². The highest BCUT2D eigenvalue weighted by molar-refractivity contribution is 7.99. The maximum absolute atomic E-state index is 13.7. The number of nitrogens with two attached hydrogens (primary N) is 1. The summed E-state index contributed by atoms with van der Waals surface area (Å²) < 4.78 is 3.57. The summed E-state index contributed by atoms with van der Waals surface area (Å²) in [6, 6.07) is 4.45. The van der Waals surface area contributed by atoms with Crippen LogP contribution in [0, 0.1) is 11.8 Å². The number of amides is 1. The number of nitrogen functional groups attached to an aromatic ring is 1. The van der Waals surface area contributed by atoms with Crippen molar-refractivity contribution in [3.05, 3.63) is 49.1 Å². The normalized spacial score (nSPS) is 14.4. The minimum Gasteiger partial charge on any atom is -0.383 e. The van der Waals surface area contributed by atoms with Gasteiger partial charge < -0.3 is 15.2 Å². The number of carbonyl (C=O) groups is 1. The highest BCUT2D eigenvalue weighted by Gasteiger charge is 2.28. The van der Waals surface area contributed by atoms with Crippen LogP contribution in [-0.2, 0) is 17.8 Å². The maximum atomic E-state index is 13.7. The zero-order valence-corrected chi connectivity index (χ0v) is 24.8. The van der Waals surface area contributed by atoms with E-state index in [1.165, 1.54) is 45.4 Å². The van der Waals surface area contributed by atoms with Crippen molar-refractivity contribution in [2.24, 2.45) is 11.8 Å². The fourth-order valence-electron chi connectivity index (χ4n) is 5.07. The predicted molar refractivity (Wildman–Crippen MR) is 158 cm³/mol. The average molecular weight is 574 g/mol.